The Morgan fingerprint density at radius 3 is 2.86 bits per heavy atom. The Kier molecular flexibility index (Phi) is 4.36. The minimum atomic E-state index is 0.0361. The van der Waals surface area contributed by atoms with E-state index < -0.39 is 0 Å². The standard InChI is InChI=1S/C17H21BrO3/c1-12(19)15-10-13(18)4-5-16(15)21-14-6-9-20-17(11-14)7-2-3-8-17/h4-5,10,14H,2-3,6-9,11H2,1H3. The van der Waals surface area contributed by atoms with Gasteiger partial charge in [0, 0.05) is 17.3 Å². The van der Waals surface area contributed by atoms with Crippen molar-refractivity contribution in [3.05, 3.63) is 28.2 Å². The number of rotatable bonds is 3. The number of halogens is 1. The van der Waals surface area contributed by atoms with Gasteiger partial charge in [0.05, 0.1) is 17.8 Å². The Bertz CT molecular complexity index is 535. The maximum atomic E-state index is 11.8. The summed E-state index contributed by atoms with van der Waals surface area (Å²) < 4.78 is 13.1. The summed E-state index contributed by atoms with van der Waals surface area (Å²) in [6.07, 6.45) is 6.79. The normalized spacial score (nSPS) is 24.2. The minimum Gasteiger partial charge on any atom is -0.489 e. The van der Waals surface area contributed by atoms with E-state index in [-0.39, 0.29) is 17.5 Å². The van der Waals surface area contributed by atoms with Gasteiger partial charge in [0.25, 0.3) is 0 Å². The van der Waals surface area contributed by atoms with Crippen molar-refractivity contribution in [3.63, 3.8) is 0 Å². The van der Waals surface area contributed by atoms with E-state index >= 15 is 0 Å². The molecular weight excluding hydrogens is 332 g/mol. The summed E-state index contributed by atoms with van der Waals surface area (Å²) in [5.74, 6) is 0.736. The van der Waals surface area contributed by atoms with Gasteiger partial charge >= 0.3 is 0 Å². The number of Topliss-reactive ketones (excluding diaryl/α,β-unsaturated/α-hetero) is 1. The monoisotopic (exact) mass is 352 g/mol. The Hall–Kier alpha value is -0.870. The third kappa shape index (κ3) is 3.32. The van der Waals surface area contributed by atoms with E-state index in [1.165, 1.54) is 12.8 Å². The van der Waals surface area contributed by atoms with Crippen molar-refractivity contribution < 1.29 is 14.3 Å². The first kappa shape index (κ1) is 15.0. The van der Waals surface area contributed by atoms with Crippen LogP contribution >= 0.6 is 15.9 Å². The number of ketones is 1. The number of carbonyl (C=O) groups is 1. The fourth-order valence-corrected chi connectivity index (χ4v) is 3.87. The molecule has 1 aromatic rings. The van der Waals surface area contributed by atoms with Gasteiger partial charge in [-0.1, -0.05) is 28.8 Å². The molecule has 3 rings (SSSR count). The molecule has 0 bridgehead atoms. The molecule has 1 aliphatic heterocycles. The predicted molar refractivity (Wildman–Crippen MR) is 84.9 cm³/mol. The second kappa shape index (κ2) is 6.09. The summed E-state index contributed by atoms with van der Waals surface area (Å²) in [6, 6.07) is 5.65. The van der Waals surface area contributed by atoms with Crippen molar-refractivity contribution in [3.8, 4) is 5.75 Å². The molecule has 0 N–H and O–H groups in total. The Morgan fingerprint density at radius 2 is 2.14 bits per heavy atom. The van der Waals surface area contributed by atoms with Gasteiger partial charge < -0.3 is 9.47 Å². The summed E-state index contributed by atoms with van der Waals surface area (Å²) >= 11 is 3.41. The molecule has 2 aliphatic rings. The second-order valence-corrected chi connectivity index (χ2v) is 7.08. The van der Waals surface area contributed by atoms with E-state index in [9.17, 15) is 4.79 Å². The van der Waals surface area contributed by atoms with Crippen LogP contribution in [0.15, 0.2) is 22.7 Å². The van der Waals surface area contributed by atoms with E-state index in [1.807, 2.05) is 18.2 Å². The summed E-state index contributed by atoms with van der Waals surface area (Å²) in [7, 11) is 0. The highest BCUT2D eigenvalue weighted by atomic mass is 79.9. The minimum absolute atomic E-state index is 0.0361. The molecule has 21 heavy (non-hydrogen) atoms. The Balaban J connectivity index is 1.75. The van der Waals surface area contributed by atoms with Crippen molar-refractivity contribution >= 4 is 21.7 Å². The van der Waals surface area contributed by atoms with Gasteiger partial charge in [0.1, 0.15) is 11.9 Å². The lowest BCUT2D eigenvalue weighted by molar-refractivity contribution is -0.108. The molecule has 1 heterocycles. The summed E-state index contributed by atoms with van der Waals surface area (Å²) in [5, 5.41) is 0. The number of ether oxygens (including phenoxy) is 2. The van der Waals surface area contributed by atoms with E-state index in [4.69, 9.17) is 9.47 Å². The molecule has 0 aromatic heterocycles. The fourth-order valence-electron chi connectivity index (χ4n) is 3.51. The van der Waals surface area contributed by atoms with Gasteiger partial charge in [-0.15, -0.1) is 0 Å². The quantitative estimate of drug-likeness (QED) is 0.750. The molecule has 114 valence electrons. The van der Waals surface area contributed by atoms with Gasteiger partial charge in [0.15, 0.2) is 5.78 Å². The smallest absolute Gasteiger partial charge is 0.163 e. The lowest BCUT2D eigenvalue weighted by atomic mass is 9.90. The third-order valence-corrected chi connectivity index (χ3v) is 5.07. The molecule has 1 aliphatic carbocycles. The molecule has 0 radical (unpaired) electrons. The lowest BCUT2D eigenvalue weighted by Gasteiger charge is -2.38. The molecule has 3 nitrogen and oxygen atoms in total. The molecule has 1 saturated carbocycles. The average Bonchev–Trinajstić information content (AvgIpc) is 2.88. The molecule has 2 fully saturated rings. The van der Waals surface area contributed by atoms with Crippen LogP contribution in [0.4, 0.5) is 0 Å². The molecule has 1 saturated heterocycles. The van der Waals surface area contributed by atoms with Gasteiger partial charge in [-0.05, 0) is 38.0 Å². The summed E-state index contributed by atoms with van der Waals surface area (Å²) in [6.45, 7) is 2.34. The summed E-state index contributed by atoms with van der Waals surface area (Å²) in [5.41, 5.74) is 0.686. The van der Waals surface area contributed by atoms with Gasteiger partial charge in [-0.3, -0.25) is 4.79 Å². The number of hydrogen-bond donors (Lipinski definition) is 0. The largest absolute Gasteiger partial charge is 0.489 e. The average molecular weight is 353 g/mol. The zero-order valence-corrected chi connectivity index (χ0v) is 13.9. The SMILES string of the molecule is CC(=O)c1cc(Br)ccc1OC1CCOC2(CCCC2)C1. The van der Waals surface area contributed by atoms with Crippen LogP contribution < -0.4 is 4.74 Å². The molecule has 1 atom stereocenters. The second-order valence-electron chi connectivity index (χ2n) is 6.17. The highest BCUT2D eigenvalue weighted by Crippen LogP contribution is 2.41. The van der Waals surface area contributed by atoms with E-state index in [0.29, 0.717) is 11.3 Å². The van der Waals surface area contributed by atoms with Gasteiger partial charge in [-0.25, -0.2) is 0 Å². The number of carbonyl (C=O) groups excluding carboxylic acids is 1. The van der Waals surface area contributed by atoms with Crippen LogP contribution in [0.1, 0.15) is 55.8 Å². The van der Waals surface area contributed by atoms with Crippen molar-refractivity contribution in [2.75, 3.05) is 6.61 Å². The Morgan fingerprint density at radius 1 is 1.38 bits per heavy atom. The van der Waals surface area contributed by atoms with Gasteiger partial charge in [0.2, 0.25) is 0 Å². The first-order valence-electron chi connectivity index (χ1n) is 7.69. The van der Waals surface area contributed by atoms with E-state index in [0.717, 1.165) is 36.8 Å². The molecule has 1 unspecified atom stereocenters. The predicted octanol–water partition coefficient (Wildman–Crippen LogP) is 4.52. The first-order valence-corrected chi connectivity index (χ1v) is 8.48. The van der Waals surface area contributed by atoms with Crippen molar-refractivity contribution in [2.24, 2.45) is 0 Å². The maximum absolute atomic E-state index is 11.8. The molecule has 4 heteroatoms. The molecule has 1 spiro atoms. The zero-order chi connectivity index (χ0) is 14.9. The van der Waals surface area contributed by atoms with Crippen LogP contribution in [0.3, 0.4) is 0 Å². The Labute approximate surface area is 134 Å². The van der Waals surface area contributed by atoms with Crippen LogP contribution in [0, 0.1) is 0 Å². The number of hydrogen-bond acceptors (Lipinski definition) is 3. The first-order chi connectivity index (χ1) is 10.1. The topological polar surface area (TPSA) is 35.5 Å². The molecule has 0 amide bonds. The lowest BCUT2D eigenvalue weighted by Crippen LogP contribution is -2.41. The highest BCUT2D eigenvalue weighted by molar-refractivity contribution is 9.10. The van der Waals surface area contributed by atoms with Crippen LogP contribution in [-0.4, -0.2) is 24.1 Å². The zero-order valence-electron chi connectivity index (χ0n) is 12.4. The molecular formula is C17H21BrO3. The molecule has 1 aromatic carbocycles. The van der Waals surface area contributed by atoms with Crippen molar-refractivity contribution in [1.29, 1.82) is 0 Å². The third-order valence-electron chi connectivity index (χ3n) is 4.58. The van der Waals surface area contributed by atoms with Crippen molar-refractivity contribution in [1.82, 2.24) is 0 Å². The van der Waals surface area contributed by atoms with E-state index in [2.05, 4.69) is 15.9 Å². The highest BCUT2D eigenvalue weighted by Gasteiger charge is 2.40. The van der Waals surface area contributed by atoms with Crippen LogP contribution in [0.5, 0.6) is 5.75 Å². The summed E-state index contributed by atoms with van der Waals surface area (Å²) in [4.78, 5) is 11.8. The van der Waals surface area contributed by atoms with Crippen LogP contribution in [-0.2, 0) is 4.74 Å². The fraction of sp³-hybridized carbons (Fsp3) is 0.588. The van der Waals surface area contributed by atoms with Gasteiger partial charge in [-0.2, -0.15) is 0 Å². The van der Waals surface area contributed by atoms with Crippen molar-refractivity contribution in [2.45, 2.75) is 57.2 Å². The van der Waals surface area contributed by atoms with E-state index in [1.54, 1.807) is 6.92 Å². The maximum Gasteiger partial charge on any atom is 0.163 e. The van der Waals surface area contributed by atoms with Crippen LogP contribution in [0.25, 0.3) is 0 Å². The van der Waals surface area contributed by atoms with Crippen LogP contribution in [0.2, 0.25) is 0 Å². The number of benzene rings is 1.